The molecule has 0 spiro atoms. The van der Waals surface area contributed by atoms with E-state index in [4.69, 9.17) is 0 Å². The smallest absolute Gasteiger partial charge is 0.0267 e. The minimum Gasteiger partial charge on any atom is -0.265 e. The molecule has 4 rings (SSSR count). The summed E-state index contributed by atoms with van der Waals surface area (Å²) < 4.78 is 0. The summed E-state index contributed by atoms with van der Waals surface area (Å²) in [5, 5.41) is 5.07. The van der Waals surface area contributed by atoms with E-state index in [-0.39, 0.29) is 0 Å². The second-order valence-electron chi connectivity index (χ2n) is 4.44. The van der Waals surface area contributed by atoms with Gasteiger partial charge < -0.3 is 0 Å². The van der Waals surface area contributed by atoms with Crippen LogP contribution in [0.3, 0.4) is 0 Å². The van der Waals surface area contributed by atoms with Crippen molar-refractivity contribution in [2.24, 2.45) is 0 Å². The maximum Gasteiger partial charge on any atom is 0.0267 e. The van der Waals surface area contributed by atoms with Crippen molar-refractivity contribution in [1.82, 2.24) is 4.98 Å². The predicted molar refractivity (Wildman–Crippen MR) is 84.5 cm³/mol. The Hall–Kier alpha value is -2.67. The third kappa shape index (κ3) is 2.67. The second-order valence-corrected chi connectivity index (χ2v) is 4.44. The number of benzene rings is 3. The van der Waals surface area contributed by atoms with Gasteiger partial charge in [0, 0.05) is 12.4 Å². The van der Waals surface area contributed by atoms with Gasteiger partial charge >= 0.3 is 0 Å². The third-order valence-electron chi connectivity index (χ3n) is 3.14. The van der Waals surface area contributed by atoms with Crippen LogP contribution in [0.5, 0.6) is 0 Å². The standard InChI is InChI=1S/C14H9.C5H5N/c1-3-7-13-11(5-1)9-10-12-6-2-4-8-14(12)13;1-2-4-6-5-3-1/h1-5,7-10H;1-5H. The lowest BCUT2D eigenvalue weighted by Crippen LogP contribution is -1.75. The Labute approximate surface area is 118 Å². The highest BCUT2D eigenvalue weighted by molar-refractivity contribution is 6.07. The molecule has 0 saturated heterocycles. The van der Waals surface area contributed by atoms with Crippen LogP contribution >= 0.6 is 0 Å². The van der Waals surface area contributed by atoms with Crippen LogP contribution < -0.4 is 0 Å². The second kappa shape index (κ2) is 5.98. The molecule has 0 aliphatic rings. The van der Waals surface area contributed by atoms with E-state index in [1.54, 1.807) is 12.4 Å². The normalized spacial score (nSPS) is 10.0. The Morgan fingerprint density at radius 1 is 0.650 bits per heavy atom. The van der Waals surface area contributed by atoms with Crippen molar-refractivity contribution in [1.29, 1.82) is 0 Å². The molecule has 0 amide bonds. The average molecular weight is 256 g/mol. The van der Waals surface area contributed by atoms with Gasteiger partial charge in [-0.05, 0) is 39.7 Å². The van der Waals surface area contributed by atoms with Gasteiger partial charge in [0.25, 0.3) is 0 Å². The number of rotatable bonds is 0. The molecule has 0 fully saturated rings. The summed E-state index contributed by atoms with van der Waals surface area (Å²) in [4.78, 5) is 3.78. The Kier molecular flexibility index (Phi) is 3.70. The number of nitrogens with zero attached hydrogens (tertiary/aromatic N) is 1. The number of pyridine rings is 1. The molecule has 1 nitrogen and oxygen atoms in total. The first-order valence-corrected chi connectivity index (χ1v) is 6.58. The summed E-state index contributed by atoms with van der Waals surface area (Å²) in [5.41, 5.74) is 0. The first-order valence-electron chi connectivity index (χ1n) is 6.58. The molecule has 20 heavy (non-hydrogen) atoms. The predicted octanol–water partition coefficient (Wildman–Crippen LogP) is 4.87. The molecule has 1 radical (unpaired) electrons. The molecule has 0 N–H and O–H groups in total. The summed E-state index contributed by atoms with van der Waals surface area (Å²) in [5.74, 6) is 0. The fraction of sp³-hybridized carbons (Fsp3) is 0. The van der Waals surface area contributed by atoms with E-state index in [0.717, 1.165) is 0 Å². The highest BCUT2D eigenvalue weighted by Gasteiger charge is 1.97. The fourth-order valence-corrected chi connectivity index (χ4v) is 2.20. The zero-order valence-corrected chi connectivity index (χ0v) is 11.0. The van der Waals surface area contributed by atoms with Crippen molar-refractivity contribution >= 4 is 21.5 Å². The Bertz CT molecular complexity index is 725. The largest absolute Gasteiger partial charge is 0.265 e. The Morgan fingerprint density at radius 3 is 2.20 bits per heavy atom. The Balaban J connectivity index is 0.000000170. The maximum absolute atomic E-state index is 3.78. The highest BCUT2D eigenvalue weighted by Crippen LogP contribution is 2.24. The molecule has 0 atom stereocenters. The minimum absolute atomic E-state index is 1.19. The summed E-state index contributed by atoms with van der Waals surface area (Å²) in [6.07, 6.45) is 3.50. The van der Waals surface area contributed by atoms with Gasteiger partial charge in [0.05, 0.1) is 0 Å². The number of aromatic nitrogens is 1. The average Bonchev–Trinajstić information content (AvgIpc) is 2.57. The van der Waals surface area contributed by atoms with Gasteiger partial charge in [0.15, 0.2) is 0 Å². The van der Waals surface area contributed by atoms with Crippen molar-refractivity contribution in [3.63, 3.8) is 0 Å². The summed E-state index contributed by atoms with van der Waals surface area (Å²) in [7, 11) is 0. The summed E-state index contributed by atoms with van der Waals surface area (Å²) >= 11 is 0. The lowest BCUT2D eigenvalue weighted by atomic mass is 10.0. The number of fused-ring (bicyclic) bond motifs is 3. The first kappa shape index (κ1) is 12.4. The van der Waals surface area contributed by atoms with Crippen molar-refractivity contribution in [2.75, 3.05) is 0 Å². The molecule has 95 valence electrons. The van der Waals surface area contributed by atoms with Crippen LogP contribution in [-0.4, -0.2) is 4.98 Å². The van der Waals surface area contributed by atoms with E-state index in [2.05, 4.69) is 53.5 Å². The van der Waals surface area contributed by atoms with Gasteiger partial charge in [-0.3, -0.25) is 4.98 Å². The van der Waals surface area contributed by atoms with E-state index >= 15 is 0 Å². The monoisotopic (exact) mass is 256 g/mol. The zero-order valence-electron chi connectivity index (χ0n) is 11.0. The summed E-state index contributed by atoms with van der Waals surface area (Å²) in [6.45, 7) is 0. The lowest BCUT2D eigenvalue weighted by Gasteiger charge is -2.01. The molecule has 1 heterocycles. The molecule has 0 bridgehead atoms. The van der Waals surface area contributed by atoms with Crippen molar-refractivity contribution in [2.45, 2.75) is 0 Å². The van der Waals surface area contributed by atoms with Gasteiger partial charge in [-0.25, -0.2) is 0 Å². The first-order chi connectivity index (χ1) is 9.95. The van der Waals surface area contributed by atoms with Crippen molar-refractivity contribution < 1.29 is 0 Å². The van der Waals surface area contributed by atoms with Gasteiger partial charge in [0.1, 0.15) is 0 Å². The SMILES string of the molecule is [c]1cccc2c1ccc1ccccc12.c1ccncc1. The van der Waals surface area contributed by atoms with E-state index in [0.29, 0.717) is 0 Å². The maximum atomic E-state index is 3.78. The van der Waals surface area contributed by atoms with Crippen LogP contribution in [0.25, 0.3) is 21.5 Å². The number of hydrogen-bond acceptors (Lipinski definition) is 1. The lowest BCUT2D eigenvalue weighted by molar-refractivity contribution is 1.33. The van der Waals surface area contributed by atoms with Crippen LogP contribution in [0.1, 0.15) is 0 Å². The molecule has 0 aliphatic carbocycles. The van der Waals surface area contributed by atoms with Crippen LogP contribution in [0.2, 0.25) is 0 Å². The van der Waals surface area contributed by atoms with Gasteiger partial charge in [-0.1, -0.05) is 60.7 Å². The quantitative estimate of drug-likeness (QED) is 0.409. The highest BCUT2D eigenvalue weighted by atomic mass is 14.6. The molecular formula is C19H14N. The van der Waals surface area contributed by atoms with Crippen LogP contribution in [-0.2, 0) is 0 Å². The van der Waals surface area contributed by atoms with Crippen LogP contribution in [0.4, 0.5) is 0 Å². The molecule has 0 saturated carbocycles. The molecule has 0 aliphatic heterocycles. The molecule has 1 heteroatoms. The molecular weight excluding hydrogens is 242 g/mol. The van der Waals surface area contributed by atoms with Crippen LogP contribution in [0, 0.1) is 6.07 Å². The van der Waals surface area contributed by atoms with E-state index < -0.39 is 0 Å². The summed E-state index contributed by atoms with van der Waals surface area (Å²) in [6, 6.07) is 27.8. The van der Waals surface area contributed by atoms with Crippen molar-refractivity contribution in [3.05, 3.63) is 91.3 Å². The fourth-order valence-electron chi connectivity index (χ4n) is 2.20. The van der Waals surface area contributed by atoms with E-state index in [9.17, 15) is 0 Å². The van der Waals surface area contributed by atoms with Crippen LogP contribution in [0.15, 0.2) is 85.2 Å². The minimum atomic E-state index is 1.19. The topological polar surface area (TPSA) is 12.9 Å². The van der Waals surface area contributed by atoms with Gasteiger partial charge in [0.2, 0.25) is 0 Å². The van der Waals surface area contributed by atoms with Crippen molar-refractivity contribution in [3.8, 4) is 0 Å². The Morgan fingerprint density at radius 2 is 1.45 bits per heavy atom. The van der Waals surface area contributed by atoms with Gasteiger partial charge in [-0.2, -0.15) is 0 Å². The van der Waals surface area contributed by atoms with E-state index in [1.165, 1.54) is 21.5 Å². The van der Waals surface area contributed by atoms with E-state index in [1.807, 2.05) is 30.3 Å². The third-order valence-corrected chi connectivity index (χ3v) is 3.14. The molecule has 1 aromatic heterocycles. The van der Waals surface area contributed by atoms with Gasteiger partial charge in [-0.15, -0.1) is 0 Å². The zero-order chi connectivity index (χ0) is 13.6. The molecule has 4 aromatic rings. The number of hydrogen-bond donors (Lipinski definition) is 0. The molecule has 3 aromatic carbocycles. The molecule has 0 unspecified atom stereocenters.